The molecule has 186 valence electrons. The number of likely N-dealkylation sites (tertiary alicyclic amines) is 1. The first-order chi connectivity index (χ1) is 17.5. The van der Waals surface area contributed by atoms with Crippen LogP contribution in [-0.2, 0) is 11.3 Å². The highest BCUT2D eigenvalue weighted by Gasteiger charge is 2.29. The van der Waals surface area contributed by atoms with E-state index in [0.29, 0.717) is 70.0 Å². The highest BCUT2D eigenvalue weighted by atomic mass is 35.5. The summed E-state index contributed by atoms with van der Waals surface area (Å²) in [7, 11) is 0. The van der Waals surface area contributed by atoms with Crippen LogP contribution in [0.3, 0.4) is 0 Å². The number of hydrogen-bond donors (Lipinski definition) is 2. The van der Waals surface area contributed by atoms with Crippen molar-refractivity contribution in [3.63, 3.8) is 0 Å². The van der Waals surface area contributed by atoms with Crippen LogP contribution in [0.1, 0.15) is 24.4 Å². The van der Waals surface area contributed by atoms with Crippen LogP contribution >= 0.6 is 23.2 Å². The van der Waals surface area contributed by atoms with Crippen LogP contribution in [0.2, 0.25) is 10.0 Å². The van der Waals surface area contributed by atoms with Gasteiger partial charge in [0.2, 0.25) is 11.9 Å². The zero-order valence-corrected chi connectivity index (χ0v) is 20.8. The van der Waals surface area contributed by atoms with Gasteiger partial charge in [-0.2, -0.15) is 4.98 Å². The van der Waals surface area contributed by atoms with E-state index < -0.39 is 0 Å². The molecule has 0 saturated carbocycles. The number of fused-ring (bicyclic) bond motifs is 1. The smallest absolute Gasteiger partial charge is 0.236 e. The molecule has 3 heterocycles. The predicted molar refractivity (Wildman–Crippen MR) is 138 cm³/mol. The molecule has 4 aromatic rings. The number of rotatable bonds is 6. The summed E-state index contributed by atoms with van der Waals surface area (Å²) in [5.74, 6) is 0.565. The third-order valence-electron chi connectivity index (χ3n) is 6.37. The molecule has 0 atom stereocenters. The average Bonchev–Trinajstić information content (AvgIpc) is 3.26. The number of nitrogens with zero attached hydrogens (tertiary/aromatic N) is 5. The number of aromatic nitrogens is 4. The number of halogens is 3. The third-order valence-corrected chi connectivity index (χ3v) is 7.00. The SMILES string of the molecule is NCC(=O)N1CCC(n2c(-c3c(Cl)cccc3Cl)nc3cnc(NCc4ccccc4F)nc32)CC1. The van der Waals surface area contributed by atoms with Gasteiger partial charge in [0, 0.05) is 31.2 Å². The second kappa shape index (κ2) is 10.4. The molecule has 0 unspecified atom stereocenters. The van der Waals surface area contributed by atoms with E-state index in [1.807, 2.05) is 4.57 Å². The Morgan fingerprint density at radius 1 is 1.08 bits per heavy atom. The first-order valence-electron chi connectivity index (χ1n) is 11.6. The van der Waals surface area contributed by atoms with Crippen molar-refractivity contribution in [3.05, 3.63) is 70.1 Å². The van der Waals surface area contributed by atoms with Gasteiger partial charge in [0.1, 0.15) is 17.2 Å². The van der Waals surface area contributed by atoms with Gasteiger partial charge < -0.3 is 20.5 Å². The van der Waals surface area contributed by atoms with E-state index in [2.05, 4.69) is 10.3 Å². The monoisotopic (exact) mass is 527 g/mol. The summed E-state index contributed by atoms with van der Waals surface area (Å²) >= 11 is 13.1. The number of nitrogens with one attached hydrogen (secondary N) is 1. The Balaban J connectivity index is 1.55. The van der Waals surface area contributed by atoms with E-state index in [4.69, 9.17) is 38.9 Å². The van der Waals surface area contributed by atoms with Crippen LogP contribution in [-0.4, -0.2) is 50.0 Å². The maximum atomic E-state index is 14.1. The molecule has 0 aliphatic carbocycles. The van der Waals surface area contributed by atoms with Crippen molar-refractivity contribution >= 4 is 46.2 Å². The molecule has 2 aromatic heterocycles. The lowest BCUT2D eigenvalue weighted by atomic mass is 10.0. The van der Waals surface area contributed by atoms with Crippen LogP contribution in [0.25, 0.3) is 22.6 Å². The fourth-order valence-corrected chi connectivity index (χ4v) is 5.09. The molecule has 1 saturated heterocycles. The molecule has 36 heavy (non-hydrogen) atoms. The van der Waals surface area contributed by atoms with Crippen molar-refractivity contribution in [2.45, 2.75) is 25.4 Å². The van der Waals surface area contributed by atoms with E-state index >= 15 is 0 Å². The summed E-state index contributed by atoms with van der Waals surface area (Å²) in [6, 6.07) is 11.9. The number of nitrogens with two attached hydrogens (primary N) is 1. The first-order valence-corrected chi connectivity index (χ1v) is 12.4. The molecule has 3 N–H and O–H groups in total. The van der Waals surface area contributed by atoms with Gasteiger partial charge >= 0.3 is 0 Å². The minimum absolute atomic E-state index is 0.00604. The van der Waals surface area contributed by atoms with Gasteiger partial charge in [-0.3, -0.25) is 4.79 Å². The van der Waals surface area contributed by atoms with Gasteiger partial charge in [-0.25, -0.2) is 14.4 Å². The minimum Gasteiger partial charge on any atom is -0.350 e. The lowest BCUT2D eigenvalue weighted by Gasteiger charge is -2.33. The summed E-state index contributed by atoms with van der Waals surface area (Å²) in [6.07, 6.45) is 3.01. The summed E-state index contributed by atoms with van der Waals surface area (Å²) < 4.78 is 16.1. The molecule has 5 rings (SSSR count). The molecule has 2 aromatic carbocycles. The summed E-state index contributed by atoms with van der Waals surface area (Å²) in [4.78, 5) is 27.8. The van der Waals surface area contributed by atoms with Gasteiger partial charge in [-0.1, -0.05) is 47.5 Å². The number of benzene rings is 2. The van der Waals surface area contributed by atoms with Crippen LogP contribution in [0.15, 0.2) is 48.7 Å². The molecule has 1 aliphatic rings. The lowest BCUT2D eigenvalue weighted by molar-refractivity contribution is -0.130. The van der Waals surface area contributed by atoms with Crippen LogP contribution < -0.4 is 11.1 Å². The molecule has 0 spiro atoms. The quantitative estimate of drug-likeness (QED) is 0.377. The Kier molecular flexibility index (Phi) is 7.04. The van der Waals surface area contributed by atoms with Gasteiger partial charge in [0.05, 0.1) is 28.4 Å². The number of imidazole rings is 1. The fraction of sp³-hybridized carbons (Fsp3) is 0.280. The number of anilines is 1. The molecule has 11 heteroatoms. The number of hydrogen-bond acceptors (Lipinski definition) is 6. The highest BCUT2D eigenvalue weighted by molar-refractivity contribution is 6.39. The average molecular weight is 528 g/mol. The third kappa shape index (κ3) is 4.74. The molecule has 1 aliphatic heterocycles. The maximum absolute atomic E-state index is 14.1. The molecular formula is C25H24Cl2FN7O. The van der Waals surface area contributed by atoms with Crippen molar-refractivity contribution in [1.29, 1.82) is 0 Å². The van der Waals surface area contributed by atoms with Crippen LogP contribution in [0, 0.1) is 5.82 Å². The van der Waals surface area contributed by atoms with Gasteiger partial charge in [0.15, 0.2) is 5.65 Å². The second-order valence-corrected chi connectivity index (χ2v) is 9.38. The number of carbonyl (C=O) groups excluding carboxylic acids is 1. The van der Waals surface area contributed by atoms with Crippen molar-refractivity contribution < 1.29 is 9.18 Å². The number of amides is 1. The lowest BCUT2D eigenvalue weighted by Crippen LogP contribution is -2.42. The standard InChI is InChI=1S/C25H24Cl2FN7O/c26-17-5-3-6-18(27)22(17)24-32-20-14-31-25(30-13-15-4-1-2-7-19(15)28)33-23(20)35(24)16-8-10-34(11-9-16)21(36)12-29/h1-7,14,16H,8-13,29H2,(H,30,31,33). The number of carbonyl (C=O) groups is 1. The molecule has 1 fully saturated rings. The predicted octanol–water partition coefficient (Wildman–Crippen LogP) is 4.67. The van der Waals surface area contributed by atoms with Crippen LogP contribution in [0.4, 0.5) is 10.3 Å². The van der Waals surface area contributed by atoms with Crippen molar-refractivity contribution in [1.82, 2.24) is 24.4 Å². The Bertz CT molecular complexity index is 1400. The molecule has 1 amide bonds. The zero-order valence-electron chi connectivity index (χ0n) is 19.3. The molecule has 0 bridgehead atoms. The molecule has 0 radical (unpaired) electrons. The van der Waals surface area contributed by atoms with Gasteiger partial charge in [-0.05, 0) is 31.0 Å². The first kappa shape index (κ1) is 24.4. The van der Waals surface area contributed by atoms with Gasteiger partial charge in [-0.15, -0.1) is 0 Å². The largest absolute Gasteiger partial charge is 0.350 e. The van der Waals surface area contributed by atoms with E-state index in [0.717, 1.165) is 0 Å². The summed E-state index contributed by atoms with van der Waals surface area (Å²) in [6.45, 7) is 1.36. The Morgan fingerprint density at radius 3 is 2.50 bits per heavy atom. The van der Waals surface area contributed by atoms with Crippen molar-refractivity contribution in [3.8, 4) is 11.4 Å². The summed E-state index contributed by atoms with van der Waals surface area (Å²) in [5.41, 5.74) is 7.86. The normalized spacial score (nSPS) is 14.4. The fourth-order valence-electron chi connectivity index (χ4n) is 4.53. The molecular weight excluding hydrogens is 504 g/mol. The minimum atomic E-state index is -0.300. The Hall–Kier alpha value is -3.27. The van der Waals surface area contributed by atoms with E-state index in [-0.39, 0.29) is 30.9 Å². The topological polar surface area (TPSA) is 102 Å². The van der Waals surface area contributed by atoms with Crippen molar-refractivity contribution in [2.24, 2.45) is 5.73 Å². The highest BCUT2D eigenvalue weighted by Crippen LogP contribution is 2.39. The van der Waals surface area contributed by atoms with Crippen LogP contribution in [0.5, 0.6) is 0 Å². The maximum Gasteiger partial charge on any atom is 0.236 e. The summed E-state index contributed by atoms with van der Waals surface area (Å²) in [5, 5.41) is 4.05. The van der Waals surface area contributed by atoms with E-state index in [1.54, 1.807) is 47.5 Å². The second-order valence-electron chi connectivity index (χ2n) is 8.57. The van der Waals surface area contributed by atoms with E-state index in [9.17, 15) is 9.18 Å². The Morgan fingerprint density at radius 2 is 1.81 bits per heavy atom. The van der Waals surface area contributed by atoms with Gasteiger partial charge in [0.25, 0.3) is 0 Å². The molecule has 8 nitrogen and oxygen atoms in total. The number of piperidine rings is 1. The van der Waals surface area contributed by atoms with E-state index in [1.165, 1.54) is 6.07 Å². The zero-order chi connectivity index (χ0) is 25.2. The Labute approximate surface area is 217 Å². The van der Waals surface area contributed by atoms with Crippen molar-refractivity contribution in [2.75, 3.05) is 25.0 Å².